The summed E-state index contributed by atoms with van der Waals surface area (Å²) in [6.45, 7) is 6.48. The van der Waals surface area contributed by atoms with Gasteiger partial charge in [-0.05, 0) is 50.6 Å². The molecule has 4 nitrogen and oxygen atoms in total. The van der Waals surface area contributed by atoms with Crippen molar-refractivity contribution < 1.29 is 14.2 Å². The molecule has 2 aromatic rings. The van der Waals surface area contributed by atoms with Crippen LogP contribution in [0.15, 0.2) is 42.5 Å². The molecule has 0 bridgehead atoms. The second-order valence-corrected chi connectivity index (χ2v) is 5.67. The molecule has 0 saturated carbocycles. The van der Waals surface area contributed by atoms with E-state index in [4.69, 9.17) is 14.2 Å². The molecule has 0 amide bonds. The minimum absolute atomic E-state index is 0.188. The Hall–Kier alpha value is -2.36. The molecule has 3 rings (SSSR count). The Balaban J connectivity index is 1.67. The smallest absolute Gasteiger partial charge is 0.231 e. The lowest BCUT2D eigenvalue weighted by Gasteiger charge is -2.17. The zero-order chi connectivity index (χ0) is 15.5. The number of hydrogen-bond acceptors (Lipinski definition) is 4. The highest BCUT2D eigenvalue weighted by molar-refractivity contribution is 5.56. The molecule has 22 heavy (non-hydrogen) atoms. The van der Waals surface area contributed by atoms with Gasteiger partial charge in [0.25, 0.3) is 0 Å². The van der Waals surface area contributed by atoms with Crippen molar-refractivity contribution in [2.45, 2.75) is 32.9 Å². The number of ether oxygens (including phenoxy) is 3. The van der Waals surface area contributed by atoms with Crippen LogP contribution in [0.25, 0.3) is 0 Å². The summed E-state index contributed by atoms with van der Waals surface area (Å²) in [6.07, 6.45) is 0.190. The van der Waals surface area contributed by atoms with Crippen molar-refractivity contribution in [2.24, 2.45) is 0 Å². The first-order valence-corrected chi connectivity index (χ1v) is 7.54. The van der Waals surface area contributed by atoms with Gasteiger partial charge >= 0.3 is 0 Å². The fourth-order valence-corrected chi connectivity index (χ4v) is 2.43. The van der Waals surface area contributed by atoms with E-state index in [-0.39, 0.29) is 12.1 Å². The van der Waals surface area contributed by atoms with E-state index >= 15 is 0 Å². The van der Waals surface area contributed by atoms with E-state index in [9.17, 15) is 0 Å². The average Bonchev–Trinajstić information content (AvgIpc) is 2.95. The second-order valence-electron chi connectivity index (χ2n) is 5.67. The molecule has 1 aliphatic heterocycles. The minimum Gasteiger partial charge on any atom is -0.491 e. The fourth-order valence-electron chi connectivity index (χ4n) is 2.43. The third-order valence-electron chi connectivity index (χ3n) is 3.51. The molecule has 116 valence electrons. The van der Waals surface area contributed by atoms with Crippen LogP contribution in [0.4, 0.5) is 5.69 Å². The Morgan fingerprint density at radius 3 is 2.41 bits per heavy atom. The number of hydrogen-bond donors (Lipinski definition) is 1. The summed E-state index contributed by atoms with van der Waals surface area (Å²) in [4.78, 5) is 0. The monoisotopic (exact) mass is 299 g/mol. The quantitative estimate of drug-likeness (QED) is 0.889. The molecule has 4 heteroatoms. The number of fused-ring (bicyclic) bond motifs is 1. The van der Waals surface area contributed by atoms with Crippen LogP contribution in [0.5, 0.6) is 17.2 Å². The van der Waals surface area contributed by atoms with Gasteiger partial charge in [0.2, 0.25) is 6.79 Å². The molecular weight excluding hydrogens is 278 g/mol. The Bertz CT molecular complexity index is 637. The van der Waals surface area contributed by atoms with Crippen molar-refractivity contribution in [3.05, 3.63) is 48.0 Å². The summed E-state index contributed by atoms with van der Waals surface area (Å²) < 4.78 is 16.4. The molecule has 1 N–H and O–H groups in total. The molecule has 0 aliphatic carbocycles. The Labute approximate surface area is 131 Å². The van der Waals surface area contributed by atoms with Gasteiger partial charge in [-0.3, -0.25) is 0 Å². The maximum atomic E-state index is 5.67. The van der Waals surface area contributed by atoms with Gasteiger partial charge < -0.3 is 19.5 Å². The SMILES string of the molecule is CC(C)Oc1ccc(C(C)Nc2ccc3c(c2)OCO3)cc1. The van der Waals surface area contributed by atoms with Gasteiger partial charge in [-0.2, -0.15) is 0 Å². The molecular formula is C18H21NO3. The van der Waals surface area contributed by atoms with Crippen molar-refractivity contribution in [3.63, 3.8) is 0 Å². The molecule has 2 aromatic carbocycles. The minimum atomic E-state index is 0.188. The first kappa shape index (κ1) is 14.6. The Morgan fingerprint density at radius 2 is 1.68 bits per heavy atom. The lowest BCUT2D eigenvalue weighted by Crippen LogP contribution is -2.08. The van der Waals surface area contributed by atoms with Gasteiger partial charge in [0.1, 0.15) is 5.75 Å². The van der Waals surface area contributed by atoms with Gasteiger partial charge in [-0.25, -0.2) is 0 Å². The van der Waals surface area contributed by atoms with Crippen LogP contribution in [0.1, 0.15) is 32.4 Å². The molecule has 0 radical (unpaired) electrons. The highest BCUT2D eigenvalue weighted by atomic mass is 16.7. The lowest BCUT2D eigenvalue weighted by molar-refractivity contribution is 0.174. The van der Waals surface area contributed by atoms with E-state index < -0.39 is 0 Å². The summed E-state index contributed by atoms with van der Waals surface area (Å²) in [5.41, 5.74) is 2.22. The largest absolute Gasteiger partial charge is 0.491 e. The summed E-state index contributed by atoms with van der Waals surface area (Å²) >= 11 is 0. The second kappa shape index (κ2) is 6.18. The van der Waals surface area contributed by atoms with E-state index in [1.807, 2.05) is 44.2 Å². The normalized spacial score (nSPS) is 14.0. The molecule has 0 aromatic heterocycles. The maximum absolute atomic E-state index is 5.67. The van der Waals surface area contributed by atoms with Crippen molar-refractivity contribution in [1.82, 2.24) is 0 Å². The summed E-state index contributed by atoms with van der Waals surface area (Å²) in [5, 5.41) is 3.47. The first-order valence-electron chi connectivity index (χ1n) is 7.54. The van der Waals surface area contributed by atoms with Crippen LogP contribution in [-0.4, -0.2) is 12.9 Å². The molecule has 1 atom stereocenters. The van der Waals surface area contributed by atoms with E-state index in [2.05, 4.69) is 24.4 Å². The van der Waals surface area contributed by atoms with Crippen LogP contribution in [0.2, 0.25) is 0 Å². The van der Waals surface area contributed by atoms with Crippen molar-refractivity contribution in [2.75, 3.05) is 12.1 Å². The van der Waals surface area contributed by atoms with E-state index in [1.54, 1.807) is 0 Å². The van der Waals surface area contributed by atoms with E-state index in [0.29, 0.717) is 6.79 Å². The maximum Gasteiger partial charge on any atom is 0.231 e. The zero-order valence-corrected chi connectivity index (χ0v) is 13.1. The highest BCUT2D eigenvalue weighted by Gasteiger charge is 2.14. The third kappa shape index (κ3) is 3.27. The van der Waals surface area contributed by atoms with Gasteiger partial charge in [0.15, 0.2) is 11.5 Å². The third-order valence-corrected chi connectivity index (χ3v) is 3.51. The first-order chi connectivity index (χ1) is 10.6. The van der Waals surface area contributed by atoms with Gasteiger partial charge in [0, 0.05) is 17.8 Å². The molecule has 0 spiro atoms. The van der Waals surface area contributed by atoms with Crippen LogP contribution < -0.4 is 19.5 Å². The van der Waals surface area contributed by atoms with Gasteiger partial charge in [0.05, 0.1) is 6.10 Å². The molecule has 0 fully saturated rings. The van der Waals surface area contributed by atoms with Crippen LogP contribution in [-0.2, 0) is 0 Å². The van der Waals surface area contributed by atoms with Crippen molar-refractivity contribution >= 4 is 5.69 Å². The Morgan fingerprint density at radius 1 is 0.955 bits per heavy atom. The van der Waals surface area contributed by atoms with Crippen LogP contribution in [0, 0.1) is 0 Å². The molecule has 0 saturated heterocycles. The Kier molecular flexibility index (Phi) is 4.09. The van der Waals surface area contributed by atoms with E-state index in [1.165, 1.54) is 5.56 Å². The topological polar surface area (TPSA) is 39.7 Å². The number of rotatable bonds is 5. The van der Waals surface area contributed by atoms with Gasteiger partial charge in [-0.1, -0.05) is 12.1 Å². The predicted octanol–water partition coefficient (Wildman–Crippen LogP) is 4.38. The molecule has 1 heterocycles. The fraction of sp³-hybridized carbons (Fsp3) is 0.333. The summed E-state index contributed by atoms with van der Waals surface area (Å²) in [7, 11) is 0. The van der Waals surface area contributed by atoms with E-state index in [0.717, 1.165) is 22.9 Å². The van der Waals surface area contributed by atoms with Gasteiger partial charge in [-0.15, -0.1) is 0 Å². The van der Waals surface area contributed by atoms with Crippen LogP contribution in [0.3, 0.4) is 0 Å². The number of anilines is 1. The molecule has 1 aliphatic rings. The standard InChI is InChI=1S/C18H21NO3/c1-12(2)22-16-7-4-14(5-8-16)13(3)19-15-6-9-17-18(10-15)21-11-20-17/h4-10,12-13,19H,11H2,1-3H3. The van der Waals surface area contributed by atoms with Crippen LogP contribution >= 0.6 is 0 Å². The highest BCUT2D eigenvalue weighted by Crippen LogP contribution is 2.35. The zero-order valence-electron chi connectivity index (χ0n) is 13.1. The van der Waals surface area contributed by atoms with Crippen molar-refractivity contribution in [1.29, 1.82) is 0 Å². The summed E-state index contributed by atoms with van der Waals surface area (Å²) in [5.74, 6) is 2.49. The van der Waals surface area contributed by atoms with Crippen molar-refractivity contribution in [3.8, 4) is 17.2 Å². The average molecular weight is 299 g/mol. The summed E-state index contributed by atoms with van der Waals surface area (Å²) in [6, 6.07) is 14.3. The number of benzene rings is 2. The number of nitrogens with one attached hydrogen (secondary N) is 1. The lowest BCUT2D eigenvalue weighted by atomic mass is 10.1. The predicted molar refractivity (Wildman–Crippen MR) is 86.8 cm³/mol. The molecule has 1 unspecified atom stereocenters.